The maximum Gasteiger partial charge on any atom is 0.216 e. The average molecular weight is 383 g/mol. The minimum absolute atomic E-state index is 0.0217. The van der Waals surface area contributed by atoms with E-state index in [0.717, 1.165) is 30.1 Å². The van der Waals surface area contributed by atoms with Crippen LogP contribution in [-0.4, -0.2) is 34.0 Å². The zero-order valence-corrected chi connectivity index (χ0v) is 17.3. The Morgan fingerprint density at radius 3 is 2.38 bits per heavy atom. The van der Waals surface area contributed by atoms with Crippen molar-refractivity contribution >= 4 is 16.0 Å². The van der Waals surface area contributed by atoms with Crippen LogP contribution in [0.5, 0.6) is 0 Å². The summed E-state index contributed by atoms with van der Waals surface area (Å²) in [6.45, 7) is 7.25. The number of unbranched alkanes of at least 4 members (excludes halogenated alkanes) is 3. The van der Waals surface area contributed by atoms with Crippen molar-refractivity contribution in [2.24, 2.45) is 4.99 Å². The Balaban J connectivity index is 2.61. The van der Waals surface area contributed by atoms with Crippen LogP contribution in [0.2, 0.25) is 0 Å². The average Bonchev–Trinajstić information content (AvgIpc) is 2.57. The molecular weight excluding hydrogens is 348 g/mol. The van der Waals surface area contributed by atoms with Gasteiger partial charge in [0.15, 0.2) is 5.96 Å². The van der Waals surface area contributed by atoms with Crippen LogP contribution in [0.25, 0.3) is 0 Å². The molecule has 0 saturated carbocycles. The maximum absolute atomic E-state index is 12.2. The highest BCUT2D eigenvalue weighted by Crippen LogP contribution is 2.12. The van der Waals surface area contributed by atoms with Gasteiger partial charge in [0.2, 0.25) is 10.0 Å². The summed E-state index contributed by atoms with van der Waals surface area (Å²) in [7, 11) is -1.61. The lowest BCUT2D eigenvalue weighted by Crippen LogP contribution is -2.37. The molecule has 0 aromatic heterocycles. The Labute approximate surface area is 158 Å². The van der Waals surface area contributed by atoms with Gasteiger partial charge in [-0.1, -0.05) is 50.5 Å². The van der Waals surface area contributed by atoms with E-state index in [9.17, 15) is 8.42 Å². The van der Waals surface area contributed by atoms with Crippen LogP contribution in [0.15, 0.2) is 29.3 Å². The molecule has 0 aliphatic rings. The summed E-state index contributed by atoms with van der Waals surface area (Å²) >= 11 is 0. The highest BCUT2D eigenvalue weighted by molar-refractivity contribution is 7.88. The van der Waals surface area contributed by atoms with Crippen molar-refractivity contribution in [3.8, 4) is 0 Å². The van der Waals surface area contributed by atoms with Gasteiger partial charge in [0.25, 0.3) is 0 Å². The minimum atomic E-state index is -3.35. The Kier molecular flexibility index (Phi) is 10.3. The van der Waals surface area contributed by atoms with Crippen LogP contribution >= 0.6 is 0 Å². The number of hydrogen-bond acceptors (Lipinski definition) is 3. The summed E-state index contributed by atoms with van der Waals surface area (Å²) < 4.78 is 27.1. The van der Waals surface area contributed by atoms with E-state index in [0.29, 0.717) is 6.54 Å². The number of guanidine groups is 1. The van der Waals surface area contributed by atoms with E-state index in [1.165, 1.54) is 19.3 Å². The van der Waals surface area contributed by atoms with Crippen molar-refractivity contribution in [1.82, 2.24) is 15.4 Å². The highest BCUT2D eigenvalue weighted by Gasteiger charge is 2.15. The van der Waals surface area contributed by atoms with Gasteiger partial charge in [0.1, 0.15) is 0 Å². The topological polar surface area (TPSA) is 82.6 Å². The number of nitrogens with zero attached hydrogens (tertiary/aromatic N) is 1. The molecule has 0 spiro atoms. The van der Waals surface area contributed by atoms with Gasteiger partial charge < -0.3 is 10.6 Å². The first-order valence-electron chi connectivity index (χ1n) is 9.39. The van der Waals surface area contributed by atoms with Crippen molar-refractivity contribution in [2.75, 3.05) is 13.6 Å². The smallest absolute Gasteiger partial charge is 0.216 e. The monoisotopic (exact) mass is 382 g/mol. The molecule has 0 aliphatic heterocycles. The molecule has 1 rings (SSSR count). The number of benzene rings is 1. The third kappa shape index (κ3) is 9.20. The van der Waals surface area contributed by atoms with Crippen LogP contribution in [0.3, 0.4) is 0 Å². The van der Waals surface area contributed by atoms with E-state index in [2.05, 4.69) is 27.3 Å². The number of sulfonamides is 1. The van der Waals surface area contributed by atoms with E-state index in [4.69, 9.17) is 0 Å². The quantitative estimate of drug-likeness (QED) is 0.312. The lowest BCUT2D eigenvalue weighted by atomic mass is 10.1. The van der Waals surface area contributed by atoms with Gasteiger partial charge in [-0.3, -0.25) is 4.99 Å². The zero-order chi connectivity index (χ0) is 19.4. The van der Waals surface area contributed by atoms with E-state index < -0.39 is 10.0 Å². The molecule has 0 radical (unpaired) electrons. The van der Waals surface area contributed by atoms with Crippen LogP contribution < -0.4 is 15.4 Å². The molecule has 0 fully saturated rings. The third-order valence-corrected chi connectivity index (χ3v) is 5.39. The molecule has 3 N–H and O–H groups in total. The largest absolute Gasteiger partial charge is 0.356 e. The Morgan fingerprint density at radius 2 is 1.77 bits per heavy atom. The lowest BCUT2D eigenvalue weighted by Gasteiger charge is -2.15. The summed E-state index contributed by atoms with van der Waals surface area (Å²) in [5, 5.41) is 6.57. The summed E-state index contributed by atoms with van der Waals surface area (Å²) in [6.07, 6.45) is 4.80. The summed E-state index contributed by atoms with van der Waals surface area (Å²) in [4.78, 5) is 4.23. The Hall–Kier alpha value is -1.60. The lowest BCUT2D eigenvalue weighted by molar-refractivity contribution is 0.568. The van der Waals surface area contributed by atoms with Gasteiger partial charge >= 0.3 is 0 Å². The van der Waals surface area contributed by atoms with Gasteiger partial charge in [-0.15, -0.1) is 0 Å². The molecule has 0 atom stereocenters. The predicted molar refractivity (Wildman–Crippen MR) is 110 cm³/mol. The maximum atomic E-state index is 12.2. The van der Waals surface area contributed by atoms with E-state index in [1.807, 2.05) is 38.1 Å². The standard InChI is InChI=1S/C19H34N4O2S/c1-5-6-7-10-13-21-19(20-4)22-14-17-11-8-9-12-18(17)15-26(24,25)23-16(2)3/h8-9,11-12,16,23H,5-7,10,13-15H2,1-4H3,(H2,20,21,22). The van der Waals surface area contributed by atoms with Crippen LogP contribution in [-0.2, 0) is 22.3 Å². The number of hydrogen-bond donors (Lipinski definition) is 3. The third-order valence-electron chi connectivity index (χ3n) is 3.87. The molecule has 0 heterocycles. The summed E-state index contributed by atoms with van der Waals surface area (Å²) in [5.74, 6) is 0.714. The predicted octanol–water partition coefficient (Wildman–Crippen LogP) is 2.76. The van der Waals surface area contributed by atoms with Gasteiger partial charge in [0.05, 0.1) is 5.75 Å². The van der Waals surface area contributed by atoms with Crippen molar-refractivity contribution in [1.29, 1.82) is 0 Å². The molecule has 0 unspecified atom stereocenters. The molecule has 1 aromatic rings. The molecule has 6 nitrogen and oxygen atoms in total. The summed E-state index contributed by atoms with van der Waals surface area (Å²) in [5.41, 5.74) is 1.75. The molecule has 7 heteroatoms. The Bertz CT molecular complexity index is 657. The Morgan fingerprint density at radius 1 is 1.08 bits per heavy atom. The summed E-state index contributed by atoms with van der Waals surface area (Å²) in [6, 6.07) is 7.48. The molecule has 1 aromatic carbocycles. The normalized spacial score (nSPS) is 12.4. The molecule has 0 aliphatic carbocycles. The van der Waals surface area contributed by atoms with Crippen LogP contribution in [0.4, 0.5) is 0 Å². The minimum Gasteiger partial charge on any atom is -0.356 e. The molecule has 0 amide bonds. The van der Waals surface area contributed by atoms with E-state index >= 15 is 0 Å². The fourth-order valence-electron chi connectivity index (χ4n) is 2.63. The second-order valence-electron chi connectivity index (χ2n) is 6.71. The second kappa shape index (κ2) is 11.9. The molecule has 148 valence electrons. The number of nitrogens with one attached hydrogen (secondary N) is 3. The first-order valence-corrected chi connectivity index (χ1v) is 11.0. The fourth-order valence-corrected chi connectivity index (χ4v) is 4.13. The van der Waals surface area contributed by atoms with Crippen molar-refractivity contribution in [3.05, 3.63) is 35.4 Å². The molecule has 0 saturated heterocycles. The first kappa shape index (κ1) is 22.4. The SMILES string of the molecule is CCCCCCNC(=NC)NCc1ccccc1CS(=O)(=O)NC(C)C. The van der Waals surface area contributed by atoms with Crippen molar-refractivity contribution in [3.63, 3.8) is 0 Å². The molecule has 26 heavy (non-hydrogen) atoms. The van der Waals surface area contributed by atoms with Gasteiger partial charge in [0, 0.05) is 26.2 Å². The van der Waals surface area contributed by atoms with Gasteiger partial charge in [-0.25, -0.2) is 13.1 Å². The number of rotatable bonds is 11. The highest BCUT2D eigenvalue weighted by atomic mass is 32.2. The van der Waals surface area contributed by atoms with Crippen molar-refractivity contribution in [2.45, 2.75) is 64.8 Å². The first-order chi connectivity index (χ1) is 12.4. The fraction of sp³-hybridized carbons (Fsp3) is 0.632. The van der Waals surface area contributed by atoms with E-state index in [-0.39, 0.29) is 11.8 Å². The van der Waals surface area contributed by atoms with E-state index in [1.54, 1.807) is 7.05 Å². The molecule has 0 bridgehead atoms. The second-order valence-corrected chi connectivity index (χ2v) is 8.47. The van der Waals surface area contributed by atoms with Crippen LogP contribution in [0.1, 0.15) is 57.6 Å². The molecular formula is C19H34N4O2S. The van der Waals surface area contributed by atoms with Crippen molar-refractivity contribution < 1.29 is 8.42 Å². The van der Waals surface area contributed by atoms with Crippen LogP contribution in [0, 0.1) is 0 Å². The van der Waals surface area contributed by atoms with Gasteiger partial charge in [-0.05, 0) is 31.4 Å². The zero-order valence-electron chi connectivity index (χ0n) is 16.5. The van der Waals surface area contributed by atoms with Gasteiger partial charge in [-0.2, -0.15) is 0 Å². The number of aliphatic imine (C=N–C) groups is 1.